The van der Waals surface area contributed by atoms with Crippen LogP contribution in [-0.2, 0) is 0 Å². The molecule has 2 aromatic rings. The molecule has 0 atom stereocenters. The second-order valence-electron chi connectivity index (χ2n) is 4.18. The SMILES string of the molecule is N#Cc1c(NC2CC2)n2[nH]cc(C=O)c2nc1=S. The maximum absolute atomic E-state index is 10.9. The van der Waals surface area contributed by atoms with Crippen molar-refractivity contribution in [3.63, 3.8) is 0 Å². The molecule has 18 heavy (non-hydrogen) atoms. The zero-order valence-electron chi connectivity index (χ0n) is 9.30. The highest BCUT2D eigenvalue weighted by molar-refractivity contribution is 7.71. The van der Waals surface area contributed by atoms with Crippen LogP contribution in [0.2, 0.25) is 0 Å². The minimum absolute atomic E-state index is 0.211. The second kappa shape index (κ2) is 3.92. The molecule has 1 aliphatic rings. The van der Waals surface area contributed by atoms with Crippen LogP contribution in [0.25, 0.3) is 5.65 Å². The lowest BCUT2D eigenvalue weighted by Gasteiger charge is -2.09. The lowest BCUT2D eigenvalue weighted by molar-refractivity contribution is 0.112. The third kappa shape index (κ3) is 1.58. The number of nitrogens with zero attached hydrogens (tertiary/aromatic N) is 3. The van der Waals surface area contributed by atoms with E-state index in [1.54, 1.807) is 10.7 Å². The number of H-pyrrole nitrogens is 1. The molecule has 0 bridgehead atoms. The Hall–Kier alpha value is -2.20. The van der Waals surface area contributed by atoms with Crippen molar-refractivity contribution in [2.45, 2.75) is 18.9 Å². The molecule has 0 aromatic carbocycles. The van der Waals surface area contributed by atoms with Crippen molar-refractivity contribution in [3.05, 3.63) is 22.0 Å². The Bertz CT molecular complexity index is 734. The second-order valence-corrected chi connectivity index (χ2v) is 4.56. The minimum atomic E-state index is 0.211. The maximum atomic E-state index is 10.9. The monoisotopic (exact) mass is 259 g/mol. The molecular formula is C11H9N5OS. The van der Waals surface area contributed by atoms with E-state index in [-0.39, 0.29) is 4.64 Å². The number of carbonyl (C=O) groups is 1. The third-order valence-corrected chi connectivity index (χ3v) is 3.15. The molecule has 7 heteroatoms. The highest BCUT2D eigenvalue weighted by atomic mass is 32.1. The summed E-state index contributed by atoms with van der Waals surface area (Å²) in [4.78, 5) is 15.0. The van der Waals surface area contributed by atoms with Gasteiger partial charge in [0.25, 0.3) is 0 Å². The van der Waals surface area contributed by atoms with Gasteiger partial charge in [-0.25, -0.2) is 9.50 Å². The van der Waals surface area contributed by atoms with Crippen LogP contribution >= 0.6 is 12.2 Å². The molecule has 0 radical (unpaired) electrons. The van der Waals surface area contributed by atoms with E-state index in [4.69, 9.17) is 17.5 Å². The first kappa shape index (κ1) is 10.9. The van der Waals surface area contributed by atoms with E-state index in [0.717, 1.165) is 12.8 Å². The summed E-state index contributed by atoms with van der Waals surface area (Å²) in [6.07, 6.45) is 4.40. The highest BCUT2D eigenvalue weighted by Gasteiger charge is 2.24. The first-order valence-corrected chi connectivity index (χ1v) is 5.91. The van der Waals surface area contributed by atoms with Crippen LogP contribution in [0.15, 0.2) is 6.20 Å². The smallest absolute Gasteiger partial charge is 0.167 e. The number of fused-ring (bicyclic) bond motifs is 1. The van der Waals surface area contributed by atoms with E-state index in [9.17, 15) is 4.79 Å². The molecule has 1 saturated carbocycles. The Labute approximate surface area is 107 Å². The van der Waals surface area contributed by atoms with Crippen molar-refractivity contribution >= 4 is 30.0 Å². The average molecular weight is 259 g/mol. The van der Waals surface area contributed by atoms with Gasteiger partial charge in [-0.3, -0.25) is 9.89 Å². The Morgan fingerprint density at radius 1 is 1.67 bits per heavy atom. The Kier molecular flexibility index (Phi) is 2.38. The summed E-state index contributed by atoms with van der Waals surface area (Å²) in [6, 6.07) is 2.43. The molecule has 2 N–H and O–H groups in total. The van der Waals surface area contributed by atoms with Crippen molar-refractivity contribution in [1.29, 1.82) is 5.26 Å². The van der Waals surface area contributed by atoms with Gasteiger partial charge in [-0.05, 0) is 12.8 Å². The highest BCUT2D eigenvalue weighted by Crippen LogP contribution is 2.27. The number of rotatable bonds is 3. The summed E-state index contributed by atoms with van der Waals surface area (Å²) >= 11 is 5.10. The van der Waals surface area contributed by atoms with Crippen LogP contribution in [0.5, 0.6) is 0 Å². The number of aromatic amines is 1. The van der Waals surface area contributed by atoms with Crippen molar-refractivity contribution in [1.82, 2.24) is 14.6 Å². The fourth-order valence-electron chi connectivity index (χ4n) is 1.78. The van der Waals surface area contributed by atoms with E-state index in [2.05, 4.69) is 21.5 Å². The molecule has 2 aromatic heterocycles. The lowest BCUT2D eigenvalue weighted by Crippen LogP contribution is -2.10. The molecule has 0 aliphatic heterocycles. The first-order chi connectivity index (χ1) is 8.74. The topological polar surface area (TPSA) is 86.0 Å². The standard InChI is InChI=1S/C11H9N5OS/c12-3-8-10(14-7-1-2-7)16-9(15-11(8)18)6(5-17)4-13-16/h4-5,7,13-14H,1-2H2. The summed E-state index contributed by atoms with van der Waals surface area (Å²) < 4.78 is 1.81. The average Bonchev–Trinajstić information content (AvgIpc) is 3.08. The summed E-state index contributed by atoms with van der Waals surface area (Å²) in [6.45, 7) is 0. The van der Waals surface area contributed by atoms with E-state index in [1.165, 1.54) is 0 Å². The van der Waals surface area contributed by atoms with Gasteiger partial charge in [0.15, 0.2) is 11.9 Å². The van der Waals surface area contributed by atoms with Crippen LogP contribution in [0, 0.1) is 16.0 Å². The molecular weight excluding hydrogens is 250 g/mol. The lowest BCUT2D eigenvalue weighted by atomic mass is 10.3. The summed E-state index contributed by atoms with van der Waals surface area (Å²) in [5, 5.41) is 15.3. The van der Waals surface area contributed by atoms with E-state index < -0.39 is 0 Å². The van der Waals surface area contributed by atoms with Gasteiger partial charge < -0.3 is 5.32 Å². The van der Waals surface area contributed by atoms with Crippen LogP contribution in [-0.4, -0.2) is 26.9 Å². The van der Waals surface area contributed by atoms with Gasteiger partial charge in [-0.15, -0.1) is 0 Å². The van der Waals surface area contributed by atoms with Crippen LogP contribution < -0.4 is 5.32 Å². The van der Waals surface area contributed by atoms with Gasteiger partial charge in [0.05, 0.1) is 5.56 Å². The summed E-state index contributed by atoms with van der Waals surface area (Å²) in [5.41, 5.74) is 1.19. The quantitative estimate of drug-likeness (QED) is 0.646. The van der Waals surface area contributed by atoms with Crippen molar-refractivity contribution in [2.24, 2.45) is 0 Å². The van der Waals surface area contributed by atoms with Crippen molar-refractivity contribution in [2.75, 3.05) is 5.32 Å². The fraction of sp³-hybridized carbons (Fsp3) is 0.273. The summed E-state index contributed by atoms with van der Waals surface area (Å²) in [5.74, 6) is 0.586. The number of aromatic nitrogens is 3. The van der Waals surface area contributed by atoms with Gasteiger partial charge in [-0.1, -0.05) is 12.2 Å². The van der Waals surface area contributed by atoms with Crippen LogP contribution in [0.1, 0.15) is 28.8 Å². The van der Waals surface area contributed by atoms with Gasteiger partial charge >= 0.3 is 0 Å². The van der Waals surface area contributed by atoms with E-state index in [1.807, 2.05) is 0 Å². The predicted molar refractivity (Wildman–Crippen MR) is 67.1 cm³/mol. The molecule has 2 heterocycles. The molecule has 0 unspecified atom stereocenters. The zero-order chi connectivity index (χ0) is 12.7. The number of aldehydes is 1. The molecule has 1 aliphatic carbocycles. The van der Waals surface area contributed by atoms with Gasteiger partial charge in [0.2, 0.25) is 0 Å². The van der Waals surface area contributed by atoms with Crippen molar-refractivity contribution < 1.29 is 4.79 Å². The van der Waals surface area contributed by atoms with Gasteiger partial charge in [0.1, 0.15) is 22.1 Å². The number of anilines is 1. The normalized spacial score (nSPS) is 14.4. The summed E-state index contributed by atoms with van der Waals surface area (Å²) in [7, 11) is 0. The Morgan fingerprint density at radius 2 is 2.44 bits per heavy atom. The molecule has 0 amide bonds. The molecule has 0 saturated heterocycles. The largest absolute Gasteiger partial charge is 0.366 e. The zero-order valence-corrected chi connectivity index (χ0v) is 10.1. The van der Waals surface area contributed by atoms with Gasteiger partial charge in [0, 0.05) is 12.2 Å². The first-order valence-electron chi connectivity index (χ1n) is 5.50. The van der Waals surface area contributed by atoms with Crippen LogP contribution in [0.3, 0.4) is 0 Å². The third-order valence-electron chi connectivity index (χ3n) is 2.86. The maximum Gasteiger partial charge on any atom is 0.167 e. The number of carbonyl (C=O) groups excluding carboxylic acids is 1. The van der Waals surface area contributed by atoms with Crippen molar-refractivity contribution in [3.8, 4) is 6.07 Å². The molecule has 90 valence electrons. The van der Waals surface area contributed by atoms with E-state index >= 15 is 0 Å². The van der Waals surface area contributed by atoms with E-state index in [0.29, 0.717) is 34.9 Å². The number of hydrogen-bond acceptors (Lipinski definition) is 5. The fourth-order valence-corrected chi connectivity index (χ4v) is 2.01. The number of nitriles is 1. The molecule has 3 rings (SSSR count). The predicted octanol–water partition coefficient (Wildman–Crippen LogP) is 1.65. The molecule has 1 fully saturated rings. The number of nitrogens with one attached hydrogen (secondary N) is 2. The van der Waals surface area contributed by atoms with Crippen LogP contribution in [0.4, 0.5) is 5.82 Å². The number of hydrogen-bond donors (Lipinski definition) is 2. The van der Waals surface area contributed by atoms with Gasteiger partial charge in [-0.2, -0.15) is 5.26 Å². The minimum Gasteiger partial charge on any atom is -0.366 e. The molecule has 0 spiro atoms. The Balaban J connectivity index is 2.33. The Morgan fingerprint density at radius 3 is 3.06 bits per heavy atom. The molecule has 6 nitrogen and oxygen atoms in total.